The number of imidazole rings is 1. The van der Waals surface area contributed by atoms with Gasteiger partial charge in [-0.2, -0.15) is 0 Å². The van der Waals surface area contributed by atoms with Gasteiger partial charge in [0.1, 0.15) is 22.8 Å². The molecule has 0 N–H and O–H groups in total. The second-order valence-electron chi connectivity index (χ2n) is 5.59. The highest BCUT2D eigenvalue weighted by Crippen LogP contribution is 2.35. The molecule has 134 valence electrons. The fourth-order valence-corrected chi connectivity index (χ4v) is 3.92. The van der Waals surface area contributed by atoms with Gasteiger partial charge in [-0.3, -0.25) is 14.2 Å². The summed E-state index contributed by atoms with van der Waals surface area (Å²) in [6.45, 7) is 2.77. The number of ether oxygens (including phenoxy) is 3. The van der Waals surface area contributed by atoms with Crippen LogP contribution in [-0.4, -0.2) is 45.3 Å². The van der Waals surface area contributed by atoms with E-state index in [-0.39, 0.29) is 12.7 Å². The minimum atomic E-state index is -0.608. The highest BCUT2D eigenvalue weighted by Gasteiger charge is 2.40. The zero-order valence-corrected chi connectivity index (χ0v) is 16.6. The number of halogens is 2. The average molecular weight is 477 g/mol. The molecule has 2 aromatic heterocycles. The van der Waals surface area contributed by atoms with Gasteiger partial charge in [-0.25, -0.2) is 9.97 Å². The number of hydrogen-bond donors (Lipinski definition) is 0. The Kier molecular flexibility index (Phi) is 5.40. The molecule has 0 bridgehead atoms. The van der Waals surface area contributed by atoms with Crippen LogP contribution in [0.3, 0.4) is 0 Å². The minimum Gasteiger partial charge on any atom is -0.463 e. The summed E-state index contributed by atoms with van der Waals surface area (Å²) in [6, 6.07) is 1.79. The molecular weight excluding hydrogens is 462 g/mol. The van der Waals surface area contributed by atoms with Gasteiger partial charge in [0.2, 0.25) is 0 Å². The average Bonchev–Trinajstić information content (AvgIpc) is 3.08. The number of rotatable bonds is 4. The number of fused-ring (bicyclic) bond motifs is 1. The van der Waals surface area contributed by atoms with Crippen molar-refractivity contribution < 1.29 is 23.8 Å². The maximum atomic E-state index is 11.4. The van der Waals surface area contributed by atoms with E-state index in [1.165, 1.54) is 13.8 Å². The second kappa shape index (κ2) is 7.38. The van der Waals surface area contributed by atoms with Crippen LogP contribution in [0.5, 0.6) is 0 Å². The van der Waals surface area contributed by atoms with E-state index in [0.717, 1.165) is 4.47 Å². The van der Waals surface area contributed by atoms with Crippen LogP contribution in [0.15, 0.2) is 21.5 Å². The highest BCUT2D eigenvalue weighted by molar-refractivity contribution is 9.11. The third-order valence-corrected chi connectivity index (χ3v) is 4.67. The molecule has 0 aliphatic carbocycles. The molecule has 0 unspecified atom stereocenters. The summed E-state index contributed by atoms with van der Waals surface area (Å²) in [4.78, 5) is 31.2. The molecule has 0 radical (unpaired) electrons. The van der Waals surface area contributed by atoms with Gasteiger partial charge in [0, 0.05) is 24.7 Å². The Hall–Kier alpha value is -1.52. The first kappa shape index (κ1) is 18.3. The Labute approximate surface area is 160 Å². The second-order valence-corrected chi connectivity index (χ2v) is 7.25. The van der Waals surface area contributed by atoms with Crippen LogP contribution in [0, 0.1) is 0 Å². The number of hydrogen-bond acceptors (Lipinski definition) is 7. The first-order chi connectivity index (χ1) is 11.8. The topological polar surface area (TPSA) is 92.5 Å². The molecule has 0 saturated carbocycles. The van der Waals surface area contributed by atoms with Gasteiger partial charge < -0.3 is 14.2 Å². The number of carbonyl (C=O) groups excluding carboxylic acids is 2. The van der Waals surface area contributed by atoms with Crippen LogP contribution >= 0.6 is 31.9 Å². The zero-order chi connectivity index (χ0) is 18.1. The molecule has 10 heteroatoms. The van der Waals surface area contributed by atoms with E-state index in [0.29, 0.717) is 22.2 Å². The molecule has 0 spiro atoms. The molecule has 1 fully saturated rings. The van der Waals surface area contributed by atoms with E-state index in [4.69, 9.17) is 14.2 Å². The standard InChI is InChI=1S/C15H15Br2N3O5/c1-7(21)23-5-9-3-11(24-8(2)22)15(25-9)20-6-18-13-10(16)4-12(17)19-14(13)20/h4,6,9,11,15H,3,5H2,1-2H3/t9-,11+,15+/m0/s1. The van der Waals surface area contributed by atoms with Crippen LogP contribution in [-0.2, 0) is 23.8 Å². The summed E-state index contributed by atoms with van der Waals surface area (Å²) in [5.41, 5.74) is 1.24. The number of aromatic nitrogens is 3. The van der Waals surface area contributed by atoms with E-state index < -0.39 is 24.3 Å². The fraction of sp³-hybridized carbons (Fsp3) is 0.467. The first-order valence-electron chi connectivity index (χ1n) is 7.49. The Balaban J connectivity index is 1.92. The number of esters is 2. The lowest BCUT2D eigenvalue weighted by molar-refractivity contribution is -0.152. The largest absolute Gasteiger partial charge is 0.463 e. The molecule has 1 aliphatic heterocycles. The van der Waals surface area contributed by atoms with Crippen molar-refractivity contribution in [1.82, 2.24) is 14.5 Å². The smallest absolute Gasteiger partial charge is 0.303 e. The SMILES string of the molecule is CC(=O)OC[C@@H]1C[C@@H](OC(C)=O)[C@H](n2cnc3c(Br)cc(Br)nc32)O1. The molecule has 0 amide bonds. The van der Waals surface area contributed by atoms with Gasteiger partial charge in [0.25, 0.3) is 0 Å². The lowest BCUT2D eigenvalue weighted by Gasteiger charge is -2.20. The lowest BCUT2D eigenvalue weighted by atomic mass is 10.2. The Bertz CT molecular complexity index is 825. The number of nitrogens with zero attached hydrogens (tertiary/aromatic N) is 3. The van der Waals surface area contributed by atoms with Crippen molar-refractivity contribution in [2.24, 2.45) is 0 Å². The van der Waals surface area contributed by atoms with Crippen molar-refractivity contribution >= 4 is 55.0 Å². The summed E-state index contributed by atoms with van der Waals surface area (Å²) in [7, 11) is 0. The zero-order valence-electron chi connectivity index (χ0n) is 13.4. The normalized spacial score (nSPS) is 23.0. The van der Waals surface area contributed by atoms with Crippen LogP contribution in [0.2, 0.25) is 0 Å². The quantitative estimate of drug-likeness (QED) is 0.494. The molecule has 2 aromatic rings. The molecule has 1 saturated heterocycles. The van der Waals surface area contributed by atoms with Gasteiger partial charge in [0.15, 0.2) is 11.9 Å². The van der Waals surface area contributed by atoms with Crippen molar-refractivity contribution in [3.8, 4) is 0 Å². The van der Waals surface area contributed by atoms with Gasteiger partial charge in [0.05, 0.1) is 12.4 Å². The van der Waals surface area contributed by atoms with Crippen molar-refractivity contribution in [1.29, 1.82) is 0 Å². The van der Waals surface area contributed by atoms with E-state index in [9.17, 15) is 9.59 Å². The molecule has 0 aromatic carbocycles. The molecule has 3 rings (SSSR count). The van der Waals surface area contributed by atoms with E-state index in [1.807, 2.05) is 0 Å². The van der Waals surface area contributed by atoms with Crippen molar-refractivity contribution in [2.75, 3.05) is 6.61 Å². The molecule has 3 heterocycles. The third kappa shape index (κ3) is 4.01. The predicted molar refractivity (Wildman–Crippen MR) is 93.6 cm³/mol. The Morgan fingerprint density at radius 1 is 1.36 bits per heavy atom. The number of pyridine rings is 1. The summed E-state index contributed by atoms with van der Waals surface area (Å²) < 4.78 is 19.5. The van der Waals surface area contributed by atoms with Gasteiger partial charge in [-0.1, -0.05) is 0 Å². The molecule has 1 aliphatic rings. The molecule has 3 atom stereocenters. The maximum absolute atomic E-state index is 11.4. The highest BCUT2D eigenvalue weighted by atomic mass is 79.9. The first-order valence-corrected chi connectivity index (χ1v) is 9.08. The Morgan fingerprint density at radius 3 is 2.80 bits per heavy atom. The van der Waals surface area contributed by atoms with Crippen molar-refractivity contribution in [2.45, 2.75) is 38.7 Å². The van der Waals surface area contributed by atoms with Crippen LogP contribution in [0.1, 0.15) is 26.5 Å². The maximum Gasteiger partial charge on any atom is 0.303 e. The van der Waals surface area contributed by atoms with Gasteiger partial charge in [-0.05, 0) is 37.9 Å². The fourth-order valence-electron chi connectivity index (χ4n) is 2.72. The van der Waals surface area contributed by atoms with Crippen molar-refractivity contribution in [3.63, 3.8) is 0 Å². The van der Waals surface area contributed by atoms with Gasteiger partial charge in [-0.15, -0.1) is 0 Å². The van der Waals surface area contributed by atoms with Gasteiger partial charge >= 0.3 is 11.9 Å². The Morgan fingerprint density at radius 2 is 2.12 bits per heavy atom. The summed E-state index contributed by atoms with van der Waals surface area (Å²) in [5, 5.41) is 0. The monoisotopic (exact) mass is 475 g/mol. The summed E-state index contributed by atoms with van der Waals surface area (Å²) >= 11 is 6.80. The molecule has 8 nitrogen and oxygen atoms in total. The summed E-state index contributed by atoms with van der Waals surface area (Å²) in [6.07, 6.45) is 0.473. The van der Waals surface area contributed by atoms with Crippen molar-refractivity contribution in [3.05, 3.63) is 21.5 Å². The van der Waals surface area contributed by atoms with E-state index in [1.54, 1.807) is 17.0 Å². The third-order valence-electron chi connectivity index (χ3n) is 3.66. The minimum absolute atomic E-state index is 0.0943. The van der Waals surface area contributed by atoms with Crippen LogP contribution in [0.4, 0.5) is 0 Å². The predicted octanol–water partition coefficient (Wildman–Crippen LogP) is 2.74. The molecular formula is C15H15Br2N3O5. The van der Waals surface area contributed by atoms with Crippen LogP contribution in [0.25, 0.3) is 11.2 Å². The van der Waals surface area contributed by atoms with E-state index >= 15 is 0 Å². The lowest BCUT2D eigenvalue weighted by Crippen LogP contribution is -2.24. The number of carbonyl (C=O) groups is 2. The molecule has 25 heavy (non-hydrogen) atoms. The van der Waals surface area contributed by atoms with E-state index in [2.05, 4.69) is 41.8 Å². The summed E-state index contributed by atoms with van der Waals surface area (Å²) in [5.74, 6) is -0.801. The van der Waals surface area contributed by atoms with Crippen LogP contribution < -0.4 is 0 Å².